The topological polar surface area (TPSA) is 32.5 Å². The van der Waals surface area contributed by atoms with Crippen molar-refractivity contribution in [3.63, 3.8) is 0 Å². The summed E-state index contributed by atoms with van der Waals surface area (Å²) in [7, 11) is 0. The van der Waals surface area contributed by atoms with Crippen LogP contribution in [0.2, 0.25) is 0 Å². The van der Waals surface area contributed by atoms with Gasteiger partial charge in [0.05, 0.1) is 0 Å². The fraction of sp³-hybridized carbons (Fsp3) is 0.667. The zero-order valence-electron chi connectivity index (χ0n) is 13.2. The first kappa shape index (κ1) is 15.0. The van der Waals surface area contributed by atoms with E-state index in [4.69, 9.17) is 5.73 Å². The average molecular weight is 287 g/mol. The highest BCUT2D eigenvalue weighted by Gasteiger charge is 2.34. The maximum atomic E-state index is 5.86. The predicted molar refractivity (Wildman–Crippen MR) is 88.1 cm³/mol. The van der Waals surface area contributed by atoms with Crippen molar-refractivity contribution in [2.75, 3.05) is 26.2 Å². The summed E-state index contributed by atoms with van der Waals surface area (Å²) >= 11 is 0. The minimum atomic E-state index is 0.724. The van der Waals surface area contributed by atoms with E-state index in [1.54, 1.807) is 0 Å². The molecule has 2 fully saturated rings. The third-order valence-electron chi connectivity index (χ3n) is 5.32. The summed E-state index contributed by atoms with van der Waals surface area (Å²) in [4.78, 5) is 5.34. The van der Waals surface area contributed by atoms with Crippen molar-refractivity contribution >= 4 is 0 Å². The Morgan fingerprint density at radius 1 is 1.14 bits per heavy atom. The number of nitrogens with two attached hydrogens (primary N) is 1. The summed E-state index contributed by atoms with van der Waals surface area (Å²) in [6, 6.07) is 12.4. The number of hydrogen-bond donors (Lipinski definition) is 1. The van der Waals surface area contributed by atoms with Crippen molar-refractivity contribution in [3.05, 3.63) is 35.9 Å². The molecule has 2 aliphatic heterocycles. The summed E-state index contributed by atoms with van der Waals surface area (Å²) in [5.41, 5.74) is 7.30. The fourth-order valence-electron chi connectivity index (χ4n) is 4.10. The van der Waals surface area contributed by atoms with E-state index in [2.05, 4.69) is 47.1 Å². The molecule has 1 aromatic carbocycles. The highest BCUT2D eigenvalue weighted by molar-refractivity contribution is 5.14. The highest BCUT2D eigenvalue weighted by Crippen LogP contribution is 2.29. The first-order chi connectivity index (χ1) is 10.3. The van der Waals surface area contributed by atoms with Gasteiger partial charge in [-0.25, -0.2) is 0 Å². The van der Waals surface area contributed by atoms with Crippen molar-refractivity contribution in [1.82, 2.24) is 9.80 Å². The smallest absolute Gasteiger partial charge is 0.0233 e. The molecule has 3 rings (SSSR count). The van der Waals surface area contributed by atoms with Crippen LogP contribution in [0.1, 0.15) is 31.7 Å². The molecule has 3 nitrogen and oxygen atoms in total. The Bertz CT molecular complexity index is 425. The van der Waals surface area contributed by atoms with Crippen molar-refractivity contribution in [1.29, 1.82) is 0 Å². The van der Waals surface area contributed by atoms with Gasteiger partial charge in [-0.1, -0.05) is 30.3 Å². The number of rotatable bonds is 4. The van der Waals surface area contributed by atoms with Crippen LogP contribution in [0.4, 0.5) is 0 Å². The van der Waals surface area contributed by atoms with Gasteiger partial charge in [-0.3, -0.25) is 9.80 Å². The molecule has 2 N–H and O–H groups in total. The van der Waals surface area contributed by atoms with Crippen LogP contribution < -0.4 is 5.73 Å². The molecule has 2 unspecified atom stereocenters. The van der Waals surface area contributed by atoms with Crippen LogP contribution in [0.15, 0.2) is 30.3 Å². The van der Waals surface area contributed by atoms with Crippen molar-refractivity contribution in [3.8, 4) is 0 Å². The molecule has 2 heterocycles. The summed E-state index contributed by atoms with van der Waals surface area (Å²) in [5.74, 6) is 0.724. The third kappa shape index (κ3) is 3.65. The zero-order valence-corrected chi connectivity index (χ0v) is 13.2. The Morgan fingerprint density at radius 3 is 2.48 bits per heavy atom. The van der Waals surface area contributed by atoms with Crippen LogP contribution >= 0.6 is 0 Å². The van der Waals surface area contributed by atoms with Crippen molar-refractivity contribution < 1.29 is 0 Å². The van der Waals surface area contributed by atoms with Gasteiger partial charge in [-0.2, -0.15) is 0 Å². The Balaban J connectivity index is 1.49. The van der Waals surface area contributed by atoms with Crippen LogP contribution in [0, 0.1) is 5.92 Å². The molecule has 3 heteroatoms. The molecule has 0 radical (unpaired) electrons. The molecule has 2 saturated heterocycles. The van der Waals surface area contributed by atoms with Gasteiger partial charge in [0, 0.05) is 25.2 Å². The molecule has 2 atom stereocenters. The first-order valence-corrected chi connectivity index (χ1v) is 8.48. The lowest BCUT2D eigenvalue weighted by Gasteiger charge is -2.38. The lowest BCUT2D eigenvalue weighted by Crippen LogP contribution is -2.46. The van der Waals surface area contributed by atoms with Gasteiger partial charge in [0.15, 0.2) is 0 Å². The summed E-state index contributed by atoms with van der Waals surface area (Å²) in [6.07, 6.45) is 3.92. The van der Waals surface area contributed by atoms with Gasteiger partial charge < -0.3 is 5.73 Å². The Labute approximate surface area is 129 Å². The lowest BCUT2D eigenvalue weighted by atomic mass is 10.0. The minimum Gasteiger partial charge on any atom is -0.330 e. The van der Waals surface area contributed by atoms with Crippen LogP contribution in [0.5, 0.6) is 0 Å². The number of piperidine rings is 1. The molecule has 1 aromatic rings. The largest absolute Gasteiger partial charge is 0.330 e. The predicted octanol–water partition coefficient (Wildman–Crippen LogP) is 2.32. The van der Waals surface area contributed by atoms with E-state index in [-0.39, 0.29) is 0 Å². The Kier molecular flexibility index (Phi) is 4.94. The first-order valence-electron chi connectivity index (χ1n) is 8.48. The van der Waals surface area contributed by atoms with E-state index in [0.717, 1.165) is 31.1 Å². The molecule has 21 heavy (non-hydrogen) atoms. The van der Waals surface area contributed by atoms with Gasteiger partial charge in [0.25, 0.3) is 0 Å². The summed E-state index contributed by atoms with van der Waals surface area (Å²) < 4.78 is 0. The number of nitrogens with zero attached hydrogens (tertiary/aromatic N) is 2. The second-order valence-corrected chi connectivity index (χ2v) is 6.88. The molecule has 0 bridgehead atoms. The van der Waals surface area contributed by atoms with E-state index >= 15 is 0 Å². The van der Waals surface area contributed by atoms with Crippen LogP contribution in [-0.2, 0) is 6.54 Å². The highest BCUT2D eigenvalue weighted by atomic mass is 15.2. The van der Waals surface area contributed by atoms with Crippen molar-refractivity contribution in [2.24, 2.45) is 11.7 Å². The molecule has 0 amide bonds. The molecular weight excluding hydrogens is 258 g/mol. The van der Waals surface area contributed by atoms with E-state index in [0.29, 0.717) is 0 Å². The molecular formula is C18H29N3. The van der Waals surface area contributed by atoms with Crippen LogP contribution in [0.25, 0.3) is 0 Å². The van der Waals surface area contributed by atoms with Crippen molar-refractivity contribution in [2.45, 2.75) is 44.8 Å². The summed E-state index contributed by atoms with van der Waals surface area (Å²) in [6.45, 7) is 8.03. The molecule has 116 valence electrons. The van der Waals surface area contributed by atoms with Gasteiger partial charge in [0.2, 0.25) is 0 Å². The normalized spacial score (nSPS) is 29.0. The number of benzene rings is 1. The SMILES string of the molecule is CC1CC(CN)CN1C1CCN(Cc2ccccc2)CC1. The van der Waals surface area contributed by atoms with E-state index in [9.17, 15) is 0 Å². The third-order valence-corrected chi connectivity index (χ3v) is 5.32. The van der Waals surface area contributed by atoms with E-state index in [1.807, 2.05) is 0 Å². The second kappa shape index (κ2) is 6.91. The monoisotopic (exact) mass is 287 g/mol. The number of hydrogen-bond acceptors (Lipinski definition) is 3. The Morgan fingerprint density at radius 2 is 1.86 bits per heavy atom. The standard InChI is InChI=1S/C18H29N3/c1-15-11-17(12-19)14-21(15)18-7-9-20(10-8-18)13-16-5-3-2-4-6-16/h2-6,15,17-18H,7-14,19H2,1H3. The Hall–Kier alpha value is -0.900. The van der Waals surface area contributed by atoms with Crippen LogP contribution in [0.3, 0.4) is 0 Å². The van der Waals surface area contributed by atoms with Gasteiger partial charge in [-0.05, 0) is 57.3 Å². The zero-order chi connectivity index (χ0) is 14.7. The molecule has 0 aliphatic carbocycles. The van der Waals surface area contributed by atoms with Crippen LogP contribution in [-0.4, -0.2) is 48.1 Å². The van der Waals surface area contributed by atoms with E-state index in [1.165, 1.54) is 44.5 Å². The van der Waals surface area contributed by atoms with Gasteiger partial charge >= 0.3 is 0 Å². The summed E-state index contributed by atoms with van der Waals surface area (Å²) in [5, 5.41) is 0. The molecule has 0 spiro atoms. The van der Waals surface area contributed by atoms with E-state index < -0.39 is 0 Å². The average Bonchev–Trinajstić information content (AvgIpc) is 2.90. The second-order valence-electron chi connectivity index (χ2n) is 6.88. The molecule has 0 saturated carbocycles. The maximum Gasteiger partial charge on any atom is 0.0233 e. The fourth-order valence-corrected chi connectivity index (χ4v) is 4.10. The minimum absolute atomic E-state index is 0.724. The maximum absolute atomic E-state index is 5.86. The van der Waals surface area contributed by atoms with Gasteiger partial charge in [-0.15, -0.1) is 0 Å². The number of likely N-dealkylation sites (tertiary alicyclic amines) is 2. The lowest BCUT2D eigenvalue weighted by molar-refractivity contribution is 0.0985. The molecule has 2 aliphatic rings. The molecule has 0 aromatic heterocycles. The van der Waals surface area contributed by atoms with Gasteiger partial charge in [0.1, 0.15) is 0 Å². The quantitative estimate of drug-likeness (QED) is 0.922.